The molecule has 0 aromatic carbocycles. The maximum atomic E-state index is 7.51. The highest BCUT2D eigenvalue weighted by Gasteiger charge is 1.40. The van der Waals surface area contributed by atoms with Crippen molar-refractivity contribution in [3.63, 3.8) is 0 Å². The van der Waals surface area contributed by atoms with Crippen molar-refractivity contribution in [2.75, 3.05) is 0 Å². The van der Waals surface area contributed by atoms with Crippen molar-refractivity contribution < 1.29 is 5.21 Å². The Morgan fingerprint density at radius 2 is 2.25 bits per heavy atom. The van der Waals surface area contributed by atoms with Crippen LogP contribution in [0.2, 0.25) is 6.55 Å². The Morgan fingerprint density at radius 1 is 2.00 bits per heavy atom. The third-order valence-electron chi connectivity index (χ3n) is 0.100. The summed E-state index contributed by atoms with van der Waals surface area (Å²) in [7, 11) is 0.321. The molecule has 0 amide bonds. The van der Waals surface area contributed by atoms with Gasteiger partial charge in [-0.05, 0) is 6.55 Å². The van der Waals surface area contributed by atoms with Gasteiger partial charge in [0, 0.05) is 0 Å². The Kier molecular flexibility index (Phi) is 2.69. The van der Waals surface area contributed by atoms with Crippen LogP contribution in [0.15, 0.2) is 4.80 Å². The summed E-state index contributed by atoms with van der Waals surface area (Å²) < 4.78 is 0. The molecule has 0 unspecified atom stereocenters. The Labute approximate surface area is 27.0 Å². The zero-order valence-electron chi connectivity index (χ0n) is 2.39. The highest BCUT2D eigenvalue weighted by molar-refractivity contribution is 6.18. The summed E-state index contributed by atoms with van der Waals surface area (Å²) in [6.45, 7) is 1.79. The first kappa shape index (κ1) is 3.82. The van der Waals surface area contributed by atoms with Crippen LogP contribution in [0.1, 0.15) is 0 Å². The van der Waals surface area contributed by atoms with Gasteiger partial charge < -0.3 is 5.21 Å². The second-order valence-electron chi connectivity index (χ2n) is 0.324. The fraction of sp³-hybridized carbons (Fsp3) is 1.00. The molecule has 0 atom stereocenters. The molecule has 0 aliphatic heterocycles. The Hall–Kier alpha value is -0.183. The number of hydrogen-bond donors (Lipinski definition) is 1. The monoisotopic (exact) mass is 74.0 g/mol. The molecule has 0 saturated heterocycles. The second-order valence-corrected chi connectivity index (χ2v) is 0.971. The van der Waals surface area contributed by atoms with Crippen LogP contribution >= 0.6 is 0 Å². The summed E-state index contributed by atoms with van der Waals surface area (Å²) in [6, 6.07) is 0. The quantitative estimate of drug-likeness (QED) is 0.325. The molecule has 1 N–H and O–H groups in total. The van der Waals surface area contributed by atoms with E-state index in [1.165, 1.54) is 0 Å². The van der Waals surface area contributed by atoms with Gasteiger partial charge in [0.2, 0.25) is 9.31 Å². The molecule has 23 valence electrons. The lowest BCUT2D eigenvalue weighted by atomic mass is 11.9. The average molecular weight is 74.1 g/mol. The van der Waals surface area contributed by atoms with Crippen LogP contribution in [0.25, 0.3) is 0 Å². The molecule has 0 heterocycles. The van der Waals surface area contributed by atoms with Gasteiger partial charge in [-0.2, -0.15) is 4.80 Å². The first-order chi connectivity index (χ1) is 1.91. The molecule has 0 bridgehead atoms. The summed E-state index contributed by atoms with van der Waals surface area (Å²) >= 11 is 0. The van der Waals surface area contributed by atoms with Crippen molar-refractivity contribution >= 4 is 9.31 Å². The predicted octanol–water partition coefficient (Wildman–Crippen LogP) is 0.311. The van der Waals surface area contributed by atoms with E-state index in [4.69, 9.17) is 5.21 Å². The molecular formula is CH4NOSi. The van der Waals surface area contributed by atoms with Crippen molar-refractivity contribution in [3.05, 3.63) is 0 Å². The molecule has 0 aromatic rings. The van der Waals surface area contributed by atoms with Gasteiger partial charge in [-0.1, -0.05) is 0 Å². The minimum Gasteiger partial charge on any atom is -0.421 e. The molecule has 0 aromatic heterocycles. The van der Waals surface area contributed by atoms with Crippen LogP contribution in [-0.4, -0.2) is 14.5 Å². The van der Waals surface area contributed by atoms with Crippen LogP contribution in [0, 0.1) is 0 Å². The fourth-order valence-corrected chi connectivity index (χ4v) is 0. The minimum atomic E-state index is 0.321. The van der Waals surface area contributed by atoms with Gasteiger partial charge in [-0.3, -0.25) is 0 Å². The van der Waals surface area contributed by atoms with Crippen LogP contribution < -0.4 is 0 Å². The maximum Gasteiger partial charge on any atom is 0.207 e. The van der Waals surface area contributed by atoms with Crippen LogP contribution in [0.3, 0.4) is 0 Å². The molecule has 2 nitrogen and oxygen atoms in total. The Bertz CT molecular complexity index is 23.2. The number of rotatable bonds is 0. The average Bonchev–Trinajstić information content (AvgIpc) is 1.37. The van der Waals surface area contributed by atoms with Crippen molar-refractivity contribution in [3.8, 4) is 0 Å². The van der Waals surface area contributed by atoms with Crippen molar-refractivity contribution in [2.45, 2.75) is 6.55 Å². The smallest absolute Gasteiger partial charge is 0.207 e. The lowest BCUT2D eigenvalue weighted by molar-refractivity contribution is 0.325. The lowest BCUT2D eigenvalue weighted by Gasteiger charge is -1.53. The molecule has 0 aliphatic carbocycles. The normalized spacial score (nSPS) is 9.25. The van der Waals surface area contributed by atoms with Crippen LogP contribution in [-0.2, 0) is 0 Å². The van der Waals surface area contributed by atoms with E-state index in [2.05, 4.69) is 4.80 Å². The van der Waals surface area contributed by atoms with E-state index in [0.717, 1.165) is 0 Å². The highest BCUT2D eigenvalue weighted by atomic mass is 28.2. The number of hydrogen-bond acceptors (Lipinski definition) is 2. The van der Waals surface area contributed by atoms with E-state index in [1.54, 1.807) is 6.55 Å². The molecule has 4 heavy (non-hydrogen) atoms. The molecule has 3 heteroatoms. The van der Waals surface area contributed by atoms with E-state index >= 15 is 0 Å². The third kappa shape index (κ3) is 1.82. The minimum absolute atomic E-state index is 0.321. The standard InChI is InChI=1S/CH4NOSi/c1-4-2-3/h3H,1H3. The molecule has 0 rings (SSSR count). The molecular weight excluding hydrogens is 70.1 g/mol. The zero-order valence-corrected chi connectivity index (χ0v) is 3.39. The van der Waals surface area contributed by atoms with E-state index in [0.29, 0.717) is 9.31 Å². The van der Waals surface area contributed by atoms with E-state index in [9.17, 15) is 0 Å². The van der Waals surface area contributed by atoms with Gasteiger partial charge in [0.05, 0.1) is 0 Å². The van der Waals surface area contributed by atoms with Gasteiger partial charge in [0.1, 0.15) is 0 Å². The van der Waals surface area contributed by atoms with Gasteiger partial charge in [-0.15, -0.1) is 0 Å². The summed E-state index contributed by atoms with van der Waals surface area (Å²) in [6.07, 6.45) is 0. The van der Waals surface area contributed by atoms with Crippen molar-refractivity contribution in [2.24, 2.45) is 4.80 Å². The first-order valence-electron chi connectivity index (χ1n) is 0.924. The van der Waals surface area contributed by atoms with E-state index in [1.807, 2.05) is 0 Å². The fourth-order valence-electron chi connectivity index (χ4n) is 0. The van der Waals surface area contributed by atoms with Crippen molar-refractivity contribution in [1.82, 2.24) is 0 Å². The lowest BCUT2D eigenvalue weighted by Crippen LogP contribution is -1.52. The second kappa shape index (κ2) is 2.82. The van der Waals surface area contributed by atoms with E-state index < -0.39 is 0 Å². The maximum absolute atomic E-state index is 7.51. The molecule has 0 saturated carbocycles. The van der Waals surface area contributed by atoms with Crippen molar-refractivity contribution in [1.29, 1.82) is 0 Å². The van der Waals surface area contributed by atoms with E-state index in [-0.39, 0.29) is 0 Å². The Balaban J connectivity index is 2.55. The molecule has 0 aliphatic rings. The Morgan fingerprint density at radius 3 is 2.25 bits per heavy atom. The SMILES string of the molecule is C[Si]=NO. The van der Waals surface area contributed by atoms with Gasteiger partial charge in [0.25, 0.3) is 0 Å². The predicted molar refractivity (Wildman–Crippen MR) is 15.8 cm³/mol. The summed E-state index contributed by atoms with van der Waals surface area (Å²) in [5.74, 6) is 0. The molecule has 0 fully saturated rings. The largest absolute Gasteiger partial charge is 0.421 e. The topological polar surface area (TPSA) is 32.6 Å². The molecule has 0 spiro atoms. The van der Waals surface area contributed by atoms with Gasteiger partial charge in [-0.25, -0.2) is 0 Å². The number of nitrogens with zero attached hydrogens (tertiary/aromatic N) is 1. The van der Waals surface area contributed by atoms with Gasteiger partial charge >= 0.3 is 0 Å². The summed E-state index contributed by atoms with van der Waals surface area (Å²) in [5.41, 5.74) is 0. The first-order valence-corrected chi connectivity index (χ1v) is 2.37. The summed E-state index contributed by atoms with van der Waals surface area (Å²) in [5, 5.41) is 7.51. The third-order valence-corrected chi connectivity index (χ3v) is 0.300. The van der Waals surface area contributed by atoms with Crippen LogP contribution in [0.4, 0.5) is 0 Å². The van der Waals surface area contributed by atoms with Crippen LogP contribution in [0.5, 0.6) is 0 Å². The zero-order chi connectivity index (χ0) is 3.41. The van der Waals surface area contributed by atoms with Gasteiger partial charge in [0.15, 0.2) is 0 Å². The molecule has 1 radical (unpaired) electrons. The summed E-state index contributed by atoms with van der Waals surface area (Å²) in [4.78, 5) is 2.76. The highest BCUT2D eigenvalue weighted by Crippen LogP contribution is 1.36.